The van der Waals surface area contributed by atoms with Crippen molar-refractivity contribution in [2.24, 2.45) is 5.92 Å². The minimum atomic E-state index is 1.12. The quantitative estimate of drug-likeness (QED) is 0.457. The molecule has 1 fully saturated rings. The van der Waals surface area contributed by atoms with E-state index >= 15 is 0 Å². The first-order chi connectivity index (χ1) is 3.93. The lowest BCUT2D eigenvalue weighted by molar-refractivity contribution is 0.307. The maximum absolute atomic E-state index is 3.00. The van der Waals surface area contributed by atoms with Crippen molar-refractivity contribution >= 4 is 0 Å². The average molecular weight is 112 g/mol. The van der Waals surface area contributed by atoms with E-state index < -0.39 is 0 Å². The van der Waals surface area contributed by atoms with Gasteiger partial charge in [-0.15, -0.1) is 13.2 Å². The molecule has 48 valence electrons. The molecule has 1 saturated carbocycles. The molecule has 0 amide bonds. The van der Waals surface area contributed by atoms with Gasteiger partial charge in [0.05, 0.1) is 0 Å². The molecule has 0 aromatic heterocycles. The van der Waals surface area contributed by atoms with Crippen molar-refractivity contribution in [3.8, 4) is 0 Å². The summed E-state index contributed by atoms with van der Waals surface area (Å²) in [6.07, 6.45) is 5.94. The fraction of sp³-hybridized carbons (Fsp3) is 0.750. The summed E-state index contributed by atoms with van der Waals surface area (Å²) in [6.45, 7) is 8.28. The van der Waals surface area contributed by atoms with Crippen LogP contribution < -0.4 is 0 Å². The van der Waals surface area contributed by atoms with Crippen LogP contribution in [-0.4, -0.2) is 0 Å². The van der Waals surface area contributed by atoms with Crippen LogP contribution in [0.4, 0.5) is 0 Å². The molecule has 0 bridgehead atoms. The van der Waals surface area contributed by atoms with Crippen molar-refractivity contribution < 1.29 is 0 Å². The van der Waals surface area contributed by atoms with Gasteiger partial charge in [-0.3, -0.25) is 0 Å². The van der Waals surface area contributed by atoms with Crippen LogP contribution in [0.5, 0.6) is 0 Å². The maximum atomic E-state index is 3.00. The summed E-state index contributed by atoms with van der Waals surface area (Å²) in [5, 5.41) is 0. The molecule has 0 spiro atoms. The molecule has 0 radical (unpaired) electrons. The van der Waals surface area contributed by atoms with Gasteiger partial charge in [-0.25, -0.2) is 0 Å². The molecule has 0 aliphatic heterocycles. The second kappa shape index (κ2) is 4.89. The van der Waals surface area contributed by atoms with E-state index in [2.05, 4.69) is 20.1 Å². The zero-order valence-electron chi connectivity index (χ0n) is 5.82. The van der Waals surface area contributed by atoms with Gasteiger partial charge >= 0.3 is 0 Å². The first-order valence-electron chi connectivity index (χ1n) is 3.43. The SMILES string of the molecule is C=C.CCC1CCC1. The van der Waals surface area contributed by atoms with Crippen LogP contribution in [0.1, 0.15) is 32.6 Å². The summed E-state index contributed by atoms with van der Waals surface area (Å²) in [5.74, 6) is 1.12. The van der Waals surface area contributed by atoms with Crippen molar-refractivity contribution in [1.82, 2.24) is 0 Å². The molecule has 0 heteroatoms. The molecular formula is C8H16. The van der Waals surface area contributed by atoms with E-state index in [0.29, 0.717) is 0 Å². The van der Waals surface area contributed by atoms with Gasteiger partial charge in [0.15, 0.2) is 0 Å². The molecule has 0 N–H and O–H groups in total. The van der Waals surface area contributed by atoms with Crippen LogP contribution in [0.3, 0.4) is 0 Å². The Kier molecular flexibility index (Phi) is 4.73. The monoisotopic (exact) mass is 112 g/mol. The lowest BCUT2D eigenvalue weighted by Gasteiger charge is -2.22. The fourth-order valence-electron chi connectivity index (χ4n) is 0.901. The Hall–Kier alpha value is -0.260. The van der Waals surface area contributed by atoms with Gasteiger partial charge in [-0.2, -0.15) is 0 Å². The average Bonchev–Trinajstić information content (AvgIpc) is 1.69. The van der Waals surface area contributed by atoms with E-state index in [-0.39, 0.29) is 0 Å². The Balaban J connectivity index is 0.000000222. The summed E-state index contributed by atoms with van der Waals surface area (Å²) in [4.78, 5) is 0. The van der Waals surface area contributed by atoms with E-state index in [1.54, 1.807) is 0 Å². The van der Waals surface area contributed by atoms with Crippen LogP contribution in [0.15, 0.2) is 13.2 Å². The molecule has 0 atom stereocenters. The summed E-state index contributed by atoms with van der Waals surface area (Å²) in [6, 6.07) is 0. The third kappa shape index (κ3) is 2.15. The number of hydrogen-bond donors (Lipinski definition) is 0. The van der Waals surface area contributed by atoms with E-state index in [4.69, 9.17) is 0 Å². The minimum absolute atomic E-state index is 1.12. The molecule has 1 rings (SSSR count). The van der Waals surface area contributed by atoms with Gasteiger partial charge in [0.2, 0.25) is 0 Å². The Morgan fingerprint density at radius 3 is 1.88 bits per heavy atom. The molecule has 1 aliphatic carbocycles. The number of hydrogen-bond acceptors (Lipinski definition) is 0. The predicted molar refractivity (Wildman–Crippen MR) is 38.9 cm³/mol. The largest absolute Gasteiger partial charge is 0.106 e. The second-order valence-electron chi connectivity index (χ2n) is 2.21. The predicted octanol–water partition coefficient (Wildman–Crippen LogP) is 3.00. The number of rotatable bonds is 1. The van der Waals surface area contributed by atoms with Gasteiger partial charge in [-0.1, -0.05) is 32.6 Å². The summed E-state index contributed by atoms with van der Waals surface area (Å²) < 4.78 is 0. The van der Waals surface area contributed by atoms with Crippen molar-refractivity contribution in [2.45, 2.75) is 32.6 Å². The van der Waals surface area contributed by atoms with Crippen LogP contribution in [-0.2, 0) is 0 Å². The van der Waals surface area contributed by atoms with Crippen molar-refractivity contribution in [1.29, 1.82) is 0 Å². The lowest BCUT2D eigenvalue weighted by atomic mass is 9.84. The van der Waals surface area contributed by atoms with E-state index in [1.165, 1.54) is 25.7 Å². The lowest BCUT2D eigenvalue weighted by Crippen LogP contribution is -2.08. The van der Waals surface area contributed by atoms with Gasteiger partial charge in [0.25, 0.3) is 0 Å². The Bertz CT molecular complexity index is 41.2. The maximum Gasteiger partial charge on any atom is -0.0417 e. The molecular weight excluding hydrogens is 96.1 g/mol. The van der Waals surface area contributed by atoms with E-state index in [0.717, 1.165) is 5.92 Å². The molecule has 0 aromatic rings. The van der Waals surface area contributed by atoms with Gasteiger partial charge in [0, 0.05) is 0 Å². The third-order valence-electron chi connectivity index (χ3n) is 1.80. The summed E-state index contributed by atoms with van der Waals surface area (Å²) in [5.41, 5.74) is 0. The van der Waals surface area contributed by atoms with Crippen molar-refractivity contribution in [3.05, 3.63) is 13.2 Å². The molecule has 8 heavy (non-hydrogen) atoms. The highest BCUT2D eigenvalue weighted by Gasteiger charge is 2.13. The van der Waals surface area contributed by atoms with Gasteiger partial charge < -0.3 is 0 Å². The van der Waals surface area contributed by atoms with Gasteiger partial charge in [-0.05, 0) is 5.92 Å². The first kappa shape index (κ1) is 7.74. The second-order valence-corrected chi connectivity index (χ2v) is 2.21. The van der Waals surface area contributed by atoms with E-state index in [9.17, 15) is 0 Å². The highest BCUT2D eigenvalue weighted by atomic mass is 14.2. The Morgan fingerprint density at radius 2 is 1.88 bits per heavy atom. The molecule has 0 unspecified atom stereocenters. The van der Waals surface area contributed by atoms with Gasteiger partial charge in [0.1, 0.15) is 0 Å². The summed E-state index contributed by atoms with van der Waals surface area (Å²) >= 11 is 0. The third-order valence-corrected chi connectivity index (χ3v) is 1.80. The standard InChI is InChI=1S/C6H12.C2H4/c1-2-6-4-3-5-6;1-2/h6H,2-5H2,1H3;1-2H2. The van der Waals surface area contributed by atoms with E-state index in [1.807, 2.05) is 0 Å². The van der Waals surface area contributed by atoms with Crippen LogP contribution >= 0.6 is 0 Å². The Labute approximate surface area is 52.6 Å². The highest BCUT2D eigenvalue weighted by Crippen LogP contribution is 2.28. The van der Waals surface area contributed by atoms with Crippen LogP contribution in [0, 0.1) is 5.92 Å². The van der Waals surface area contributed by atoms with Crippen molar-refractivity contribution in [3.63, 3.8) is 0 Å². The molecule has 1 aliphatic rings. The van der Waals surface area contributed by atoms with Crippen LogP contribution in [0.25, 0.3) is 0 Å². The fourth-order valence-corrected chi connectivity index (χ4v) is 0.901. The molecule has 0 aromatic carbocycles. The smallest absolute Gasteiger partial charge is 0.0417 e. The minimum Gasteiger partial charge on any atom is -0.106 e. The van der Waals surface area contributed by atoms with Crippen LogP contribution in [0.2, 0.25) is 0 Å². The molecule has 0 nitrogen and oxygen atoms in total. The molecule has 0 saturated heterocycles. The topological polar surface area (TPSA) is 0 Å². The Morgan fingerprint density at radius 1 is 1.38 bits per heavy atom. The van der Waals surface area contributed by atoms with Crippen molar-refractivity contribution in [2.75, 3.05) is 0 Å². The summed E-state index contributed by atoms with van der Waals surface area (Å²) in [7, 11) is 0. The normalized spacial score (nSPS) is 18.1. The zero-order chi connectivity index (χ0) is 6.41. The first-order valence-corrected chi connectivity index (χ1v) is 3.43. The highest BCUT2D eigenvalue weighted by molar-refractivity contribution is 4.66. The zero-order valence-corrected chi connectivity index (χ0v) is 5.82. The molecule has 0 heterocycles.